The number of carbonyl (C=O) groups is 1. The maximum atomic E-state index is 12.4. The summed E-state index contributed by atoms with van der Waals surface area (Å²) in [6.45, 7) is 0. The van der Waals surface area contributed by atoms with Gasteiger partial charge in [0.25, 0.3) is 0 Å². The Kier molecular flexibility index (Phi) is 5.60. The average molecular weight is 546 g/mol. The van der Waals surface area contributed by atoms with Crippen molar-refractivity contribution in [2.45, 2.75) is 11.6 Å². The van der Waals surface area contributed by atoms with E-state index >= 15 is 0 Å². The third-order valence-electron chi connectivity index (χ3n) is 5.53. The molecule has 0 spiro atoms. The molecule has 0 bridgehead atoms. The first-order chi connectivity index (χ1) is 16.7. The number of hydrogen-bond donors (Lipinski definition) is 1. The summed E-state index contributed by atoms with van der Waals surface area (Å²) in [4.78, 5) is 21.7. The lowest BCUT2D eigenvalue weighted by atomic mass is 10.0. The molecule has 5 aromatic rings. The smallest absolute Gasteiger partial charge is 0.226 e. The van der Waals surface area contributed by atoms with Gasteiger partial charge in [0.15, 0.2) is 5.13 Å². The van der Waals surface area contributed by atoms with Gasteiger partial charge in [-0.2, -0.15) is 0 Å². The molecule has 0 saturated heterocycles. The zero-order valence-electron chi connectivity index (χ0n) is 17.7. The van der Waals surface area contributed by atoms with Gasteiger partial charge in [-0.15, -0.1) is 21.5 Å². The lowest BCUT2D eigenvalue weighted by molar-refractivity contribution is -0.115. The summed E-state index contributed by atoms with van der Waals surface area (Å²) in [7, 11) is 0. The molecule has 0 unspecified atom stereocenters. The first kappa shape index (κ1) is 21.4. The van der Waals surface area contributed by atoms with Crippen LogP contribution in [-0.4, -0.2) is 31.8 Å². The van der Waals surface area contributed by atoms with Crippen LogP contribution in [-0.2, 0) is 4.79 Å². The summed E-state index contributed by atoms with van der Waals surface area (Å²) in [5, 5.41) is 17.1. The first-order valence-corrected chi connectivity index (χ1v) is 13.2. The normalized spacial score (nSPS) is 11.6. The van der Waals surface area contributed by atoms with Gasteiger partial charge in [-0.3, -0.25) is 4.79 Å². The second-order valence-corrected chi connectivity index (χ2v) is 10.5. The zero-order chi connectivity index (χ0) is 23.1. The molecule has 0 fully saturated rings. The van der Waals surface area contributed by atoms with E-state index in [0.29, 0.717) is 22.5 Å². The van der Waals surface area contributed by atoms with E-state index < -0.39 is 0 Å². The minimum atomic E-state index is -0.0875. The van der Waals surface area contributed by atoms with Gasteiger partial charge >= 0.3 is 0 Å². The van der Waals surface area contributed by atoms with E-state index in [9.17, 15) is 4.79 Å². The Hall–Kier alpha value is -3.14. The predicted octanol–water partition coefficient (Wildman–Crippen LogP) is 6.68. The van der Waals surface area contributed by atoms with Crippen LogP contribution in [0.2, 0.25) is 0 Å². The van der Waals surface area contributed by atoms with Crippen molar-refractivity contribution in [1.29, 1.82) is 0 Å². The van der Waals surface area contributed by atoms with Crippen molar-refractivity contribution in [2.24, 2.45) is 0 Å². The van der Waals surface area contributed by atoms with Crippen LogP contribution in [0.3, 0.4) is 0 Å². The van der Waals surface area contributed by atoms with Gasteiger partial charge in [0.05, 0.1) is 5.69 Å². The highest BCUT2D eigenvalue weighted by atomic mass is 79.9. The number of benzene rings is 3. The van der Waals surface area contributed by atoms with Gasteiger partial charge in [-0.25, -0.2) is 9.97 Å². The van der Waals surface area contributed by atoms with Crippen LogP contribution >= 0.6 is 39.0 Å². The molecule has 2 aromatic heterocycles. The molecule has 6 rings (SSSR count). The van der Waals surface area contributed by atoms with Crippen molar-refractivity contribution >= 4 is 60.8 Å². The van der Waals surface area contributed by atoms with Crippen LogP contribution in [0.15, 0.2) is 75.7 Å². The number of thioether (sulfide) groups is 1. The number of aromatic nitrogens is 4. The summed E-state index contributed by atoms with van der Waals surface area (Å²) in [6.07, 6.45) is 0.327. The van der Waals surface area contributed by atoms with Gasteiger partial charge in [0, 0.05) is 44.1 Å². The highest BCUT2D eigenvalue weighted by Gasteiger charge is 2.24. The van der Waals surface area contributed by atoms with Crippen molar-refractivity contribution in [3.05, 3.63) is 70.5 Å². The number of halogens is 1. The molecule has 0 radical (unpaired) electrons. The van der Waals surface area contributed by atoms with E-state index in [4.69, 9.17) is 4.98 Å². The molecule has 1 aliphatic carbocycles. The standard InChI is InChI=1S/C25H16BrN5OS2/c26-16-9-7-14(8-10-16)19-13-34-24(27-19)28-20(32)11-12-33-25-29-22-17-5-1-3-15-4-2-6-18(21(15)17)23(22)30-31-25/h1-10,13H,11-12H2,(H,27,28,32). The highest BCUT2D eigenvalue weighted by Crippen LogP contribution is 2.44. The molecule has 0 saturated carbocycles. The third-order valence-corrected chi connectivity index (χ3v) is 7.66. The Morgan fingerprint density at radius 1 is 0.941 bits per heavy atom. The molecule has 2 heterocycles. The van der Waals surface area contributed by atoms with Crippen LogP contribution in [0.25, 0.3) is 44.5 Å². The molecular weight excluding hydrogens is 530 g/mol. The second-order valence-electron chi connectivity index (χ2n) is 7.69. The van der Waals surface area contributed by atoms with Gasteiger partial charge in [0.2, 0.25) is 11.1 Å². The fourth-order valence-corrected chi connectivity index (χ4v) is 5.70. The molecule has 1 amide bonds. The predicted molar refractivity (Wildman–Crippen MR) is 141 cm³/mol. The molecule has 1 N–H and O–H groups in total. The molecule has 0 atom stereocenters. The minimum Gasteiger partial charge on any atom is -0.302 e. The molecule has 3 aromatic carbocycles. The van der Waals surface area contributed by atoms with Crippen LogP contribution in [0, 0.1) is 0 Å². The number of thiazole rings is 1. The monoisotopic (exact) mass is 545 g/mol. The van der Waals surface area contributed by atoms with E-state index in [0.717, 1.165) is 38.2 Å². The SMILES string of the molecule is O=C(CCSc1nnc2c(n1)-c1cccc3cccc-2c13)Nc1nc(-c2ccc(Br)cc2)cs1. The fraction of sp³-hybridized carbons (Fsp3) is 0.0800. The number of anilines is 1. The van der Waals surface area contributed by atoms with Crippen molar-refractivity contribution in [3.63, 3.8) is 0 Å². The zero-order valence-corrected chi connectivity index (χ0v) is 20.9. The number of rotatable bonds is 6. The Morgan fingerprint density at radius 2 is 1.71 bits per heavy atom. The summed E-state index contributed by atoms with van der Waals surface area (Å²) in [5.41, 5.74) is 5.69. The molecule has 6 nitrogen and oxygen atoms in total. The summed E-state index contributed by atoms with van der Waals surface area (Å²) < 4.78 is 1.02. The summed E-state index contributed by atoms with van der Waals surface area (Å²) in [5.74, 6) is 0.462. The van der Waals surface area contributed by atoms with E-state index in [-0.39, 0.29) is 5.91 Å². The number of fused-ring (bicyclic) bond motifs is 3. The quantitative estimate of drug-likeness (QED) is 0.235. The lowest BCUT2D eigenvalue weighted by Crippen LogP contribution is -2.12. The number of nitrogens with zero attached hydrogens (tertiary/aromatic N) is 4. The molecule has 166 valence electrons. The maximum Gasteiger partial charge on any atom is 0.226 e. The maximum absolute atomic E-state index is 12.4. The van der Waals surface area contributed by atoms with Gasteiger partial charge < -0.3 is 5.32 Å². The topological polar surface area (TPSA) is 80.7 Å². The van der Waals surface area contributed by atoms with Gasteiger partial charge in [-0.05, 0) is 17.5 Å². The van der Waals surface area contributed by atoms with Crippen molar-refractivity contribution in [3.8, 4) is 33.8 Å². The molecule has 34 heavy (non-hydrogen) atoms. The number of carbonyl (C=O) groups excluding carboxylic acids is 1. The Bertz CT molecular complexity index is 1550. The second kappa shape index (κ2) is 8.90. The molecular formula is C25H16BrN5OS2. The largest absolute Gasteiger partial charge is 0.302 e. The van der Waals surface area contributed by atoms with Crippen molar-refractivity contribution < 1.29 is 4.79 Å². The van der Waals surface area contributed by atoms with Crippen LogP contribution in [0.5, 0.6) is 0 Å². The van der Waals surface area contributed by atoms with E-state index in [1.165, 1.54) is 33.9 Å². The lowest BCUT2D eigenvalue weighted by Gasteiger charge is -2.04. The molecule has 1 aliphatic rings. The van der Waals surface area contributed by atoms with E-state index in [1.807, 2.05) is 41.8 Å². The number of nitrogens with one attached hydrogen (secondary N) is 1. The summed E-state index contributed by atoms with van der Waals surface area (Å²) in [6, 6.07) is 20.3. The van der Waals surface area contributed by atoms with Crippen molar-refractivity contribution in [1.82, 2.24) is 20.2 Å². The average Bonchev–Trinajstić information content (AvgIpc) is 3.44. The fourth-order valence-electron chi connectivity index (χ4n) is 3.98. The number of hydrogen-bond acceptors (Lipinski definition) is 7. The van der Waals surface area contributed by atoms with Gasteiger partial charge in [0.1, 0.15) is 11.4 Å². The van der Waals surface area contributed by atoms with Crippen molar-refractivity contribution in [2.75, 3.05) is 11.1 Å². The van der Waals surface area contributed by atoms with Crippen LogP contribution < -0.4 is 5.32 Å². The Morgan fingerprint density at radius 3 is 2.50 bits per heavy atom. The Labute approximate surface area is 212 Å². The third kappa shape index (κ3) is 4.00. The minimum absolute atomic E-state index is 0.0875. The first-order valence-electron chi connectivity index (χ1n) is 10.6. The Balaban J connectivity index is 1.09. The summed E-state index contributed by atoms with van der Waals surface area (Å²) >= 11 is 6.28. The molecule has 9 heteroatoms. The van der Waals surface area contributed by atoms with Gasteiger partial charge in [-0.1, -0.05) is 76.2 Å². The van der Waals surface area contributed by atoms with E-state index in [1.54, 1.807) is 0 Å². The van der Waals surface area contributed by atoms with Crippen LogP contribution in [0.4, 0.5) is 5.13 Å². The van der Waals surface area contributed by atoms with Crippen LogP contribution in [0.1, 0.15) is 6.42 Å². The van der Waals surface area contributed by atoms with E-state index in [2.05, 4.69) is 60.7 Å². The number of amides is 1. The molecule has 0 aliphatic heterocycles. The highest BCUT2D eigenvalue weighted by molar-refractivity contribution is 9.10.